The van der Waals surface area contributed by atoms with E-state index in [9.17, 15) is 4.79 Å². The molecule has 2 rings (SSSR count). The Kier molecular flexibility index (Phi) is 5.05. The zero-order valence-corrected chi connectivity index (χ0v) is 12.3. The molecule has 1 saturated heterocycles. The molecule has 1 aromatic rings. The van der Waals surface area contributed by atoms with Crippen LogP contribution in [0.3, 0.4) is 0 Å². The van der Waals surface area contributed by atoms with E-state index in [1.165, 1.54) is 0 Å². The number of rotatable bonds is 4. The van der Waals surface area contributed by atoms with Crippen LogP contribution in [-0.2, 0) is 9.53 Å². The Morgan fingerprint density at radius 2 is 2.40 bits per heavy atom. The highest BCUT2D eigenvalue weighted by Gasteiger charge is 2.23. The van der Waals surface area contributed by atoms with E-state index in [4.69, 9.17) is 22.7 Å². The van der Waals surface area contributed by atoms with Crippen LogP contribution in [0.25, 0.3) is 0 Å². The molecule has 1 aliphatic rings. The number of morpholine rings is 1. The predicted molar refractivity (Wildman–Crippen MR) is 82.8 cm³/mol. The second-order valence-electron chi connectivity index (χ2n) is 4.91. The van der Waals surface area contributed by atoms with Crippen LogP contribution in [-0.4, -0.2) is 48.1 Å². The van der Waals surface area contributed by atoms with Gasteiger partial charge in [0, 0.05) is 18.8 Å². The van der Waals surface area contributed by atoms with Crippen molar-refractivity contribution in [3.63, 3.8) is 0 Å². The molecule has 1 heterocycles. The molecule has 6 heteroatoms. The number of thiocarbonyl (C=S) groups is 1. The van der Waals surface area contributed by atoms with Crippen molar-refractivity contribution in [1.29, 1.82) is 0 Å². The molecule has 20 heavy (non-hydrogen) atoms. The minimum Gasteiger partial charge on any atom is -0.391 e. The second-order valence-corrected chi connectivity index (χ2v) is 5.39. The first kappa shape index (κ1) is 14.9. The third-order valence-electron chi connectivity index (χ3n) is 3.14. The zero-order valence-electron chi connectivity index (χ0n) is 11.5. The van der Waals surface area contributed by atoms with Gasteiger partial charge >= 0.3 is 0 Å². The van der Waals surface area contributed by atoms with Crippen LogP contribution in [0.2, 0.25) is 0 Å². The Balaban J connectivity index is 1.86. The van der Waals surface area contributed by atoms with Crippen LogP contribution >= 0.6 is 12.2 Å². The number of carbonyl (C=O) groups is 1. The Morgan fingerprint density at radius 1 is 1.60 bits per heavy atom. The van der Waals surface area contributed by atoms with Gasteiger partial charge in [0.2, 0.25) is 5.91 Å². The number of hydrogen-bond donors (Lipinski definition) is 2. The predicted octanol–water partition coefficient (Wildman–Crippen LogP) is 0.920. The van der Waals surface area contributed by atoms with Crippen molar-refractivity contribution in [3.05, 3.63) is 29.8 Å². The first-order valence-electron chi connectivity index (χ1n) is 6.54. The van der Waals surface area contributed by atoms with Gasteiger partial charge in [-0.3, -0.25) is 9.69 Å². The van der Waals surface area contributed by atoms with Crippen LogP contribution < -0.4 is 11.1 Å². The summed E-state index contributed by atoms with van der Waals surface area (Å²) < 4.78 is 5.45. The van der Waals surface area contributed by atoms with Gasteiger partial charge in [-0.15, -0.1) is 0 Å². The van der Waals surface area contributed by atoms with E-state index >= 15 is 0 Å². The van der Waals surface area contributed by atoms with Gasteiger partial charge in [-0.25, -0.2) is 0 Å². The van der Waals surface area contributed by atoms with Crippen molar-refractivity contribution in [2.24, 2.45) is 5.73 Å². The minimum atomic E-state index is -0.259. The number of hydrogen-bond acceptors (Lipinski definition) is 4. The number of ether oxygens (including phenoxy) is 1. The number of carbonyl (C=O) groups excluding carboxylic acids is 1. The van der Waals surface area contributed by atoms with E-state index in [1.54, 1.807) is 0 Å². The molecule has 0 saturated carbocycles. The van der Waals surface area contributed by atoms with E-state index in [2.05, 4.69) is 5.32 Å². The number of amides is 1. The molecule has 0 radical (unpaired) electrons. The molecule has 1 fully saturated rings. The van der Waals surface area contributed by atoms with Crippen molar-refractivity contribution in [2.75, 3.05) is 31.6 Å². The Labute approximate surface area is 124 Å². The van der Waals surface area contributed by atoms with Gasteiger partial charge in [-0.1, -0.05) is 24.4 Å². The van der Waals surface area contributed by atoms with Crippen LogP contribution in [0.4, 0.5) is 5.69 Å². The van der Waals surface area contributed by atoms with Gasteiger partial charge in [0.25, 0.3) is 0 Å². The van der Waals surface area contributed by atoms with E-state index < -0.39 is 0 Å². The lowest BCUT2D eigenvalue weighted by Gasteiger charge is -2.31. The fourth-order valence-corrected chi connectivity index (χ4v) is 2.29. The molecule has 1 atom stereocenters. The fraction of sp³-hybridized carbons (Fsp3) is 0.429. The van der Waals surface area contributed by atoms with E-state index in [1.807, 2.05) is 36.1 Å². The highest BCUT2D eigenvalue weighted by atomic mass is 32.1. The molecule has 0 aliphatic carbocycles. The third kappa shape index (κ3) is 4.26. The summed E-state index contributed by atoms with van der Waals surface area (Å²) in [5.41, 5.74) is 7.51. The molecule has 5 nitrogen and oxygen atoms in total. The number of nitrogens with one attached hydrogen (secondary N) is 1. The lowest BCUT2D eigenvalue weighted by molar-refractivity contribution is -0.118. The van der Waals surface area contributed by atoms with Gasteiger partial charge in [-0.05, 0) is 24.6 Å². The molecule has 0 spiro atoms. The second kappa shape index (κ2) is 6.78. The van der Waals surface area contributed by atoms with Gasteiger partial charge in [-0.2, -0.15) is 0 Å². The smallest absolute Gasteiger partial charge is 0.238 e. The fourth-order valence-electron chi connectivity index (χ4n) is 2.14. The number of benzene rings is 1. The summed E-state index contributed by atoms with van der Waals surface area (Å²) in [6.07, 6.45) is -0.259. The van der Waals surface area contributed by atoms with Crippen molar-refractivity contribution in [2.45, 2.75) is 13.0 Å². The molecule has 1 amide bonds. The SMILES string of the molecule is Cc1cccc(NC(=O)CN2CCOC(C(N)=S)C2)c1. The van der Waals surface area contributed by atoms with Gasteiger partial charge in [0.1, 0.15) is 11.1 Å². The van der Waals surface area contributed by atoms with Crippen molar-refractivity contribution < 1.29 is 9.53 Å². The molecule has 1 unspecified atom stereocenters. The van der Waals surface area contributed by atoms with E-state index in [0.29, 0.717) is 31.2 Å². The standard InChI is InChI=1S/C14H19N3O2S/c1-10-3-2-4-11(7-10)16-13(18)9-17-5-6-19-12(8-17)14(15)20/h2-4,7,12H,5-6,8-9H2,1H3,(H2,15,20)(H,16,18). The van der Waals surface area contributed by atoms with Crippen LogP contribution in [0.15, 0.2) is 24.3 Å². The first-order chi connectivity index (χ1) is 9.54. The molecule has 1 aliphatic heterocycles. The van der Waals surface area contributed by atoms with E-state index in [-0.39, 0.29) is 12.0 Å². The lowest BCUT2D eigenvalue weighted by Crippen LogP contribution is -2.49. The third-order valence-corrected chi connectivity index (χ3v) is 3.40. The summed E-state index contributed by atoms with van der Waals surface area (Å²) in [4.78, 5) is 14.4. The van der Waals surface area contributed by atoms with Crippen molar-refractivity contribution in [3.8, 4) is 0 Å². The molecular weight excluding hydrogens is 274 g/mol. The largest absolute Gasteiger partial charge is 0.391 e. The lowest BCUT2D eigenvalue weighted by atomic mass is 10.2. The maximum atomic E-state index is 12.0. The Morgan fingerprint density at radius 3 is 3.10 bits per heavy atom. The topological polar surface area (TPSA) is 67.6 Å². The Hall–Kier alpha value is -1.50. The van der Waals surface area contributed by atoms with Gasteiger partial charge < -0.3 is 15.8 Å². The molecule has 1 aromatic carbocycles. The molecule has 108 valence electrons. The first-order valence-corrected chi connectivity index (χ1v) is 6.95. The highest BCUT2D eigenvalue weighted by molar-refractivity contribution is 7.80. The summed E-state index contributed by atoms with van der Waals surface area (Å²) in [7, 11) is 0. The summed E-state index contributed by atoms with van der Waals surface area (Å²) in [6, 6.07) is 7.73. The normalized spacial score (nSPS) is 19.6. The summed E-state index contributed by atoms with van der Waals surface area (Å²) in [5.74, 6) is -0.0424. The number of aryl methyl sites for hydroxylation is 1. The summed E-state index contributed by atoms with van der Waals surface area (Å²) in [5, 5.41) is 2.89. The van der Waals surface area contributed by atoms with Gasteiger partial charge in [0.05, 0.1) is 13.2 Å². The average molecular weight is 293 g/mol. The van der Waals surface area contributed by atoms with Crippen LogP contribution in [0.5, 0.6) is 0 Å². The van der Waals surface area contributed by atoms with Crippen LogP contribution in [0.1, 0.15) is 5.56 Å². The average Bonchev–Trinajstić information content (AvgIpc) is 2.38. The quantitative estimate of drug-likeness (QED) is 0.808. The highest BCUT2D eigenvalue weighted by Crippen LogP contribution is 2.10. The minimum absolute atomic E-state index is 0.0424. The molecule has 0 aromatic heterocycles. The Bertz CT molecular complexity index is 507. The summed E-state index contributed by atoms with van der Waals surface area (Å²) >= 11 is 4.93. The van der Waals surface area contributed by atoms with Crippen molar-refractivity contribution >= 4 is 28.8 Å². The number of nitrogens with two attached hydrogens (primary N) is 1. The van der Waals surface area contributed by atoms with Gasteiger partial charge in [0.15, 0.2) is 0 Å². The maximum absolute atomic E-state index is 12.0. The number of anilines is 1. The number of nitrogens with zero attached hydrogens (tertiary/aromatic N) is 1. The van der Waals surface area contributed by atoms with E-state index in [0.717, 1.165) is 11.3 Å². The van der Waals surface area contributed by atoms with Crippen molar-refractivity contribution in [1.82, 2.24) is 4.90 Å². The summed E-state index contributed by atoms with van der Waals surface area (Å²) in [6.45, 7) is 4.12. The zero-order chi connectivity index (χ0) is 14.5. The van der Waals surface area contributed by atoms with Crippen LogP contribution in [0, 0.1) is 6.92 Å². The molecular formula is C14H19N3O2S. The monoisotopic (exact) mass is 293 g/mol. The maximum Gasteiger partial charge on any atom is 0.238 e. The molecule has 3 N–H and O–H groups in total. The molecule has 0 bridgehead atoms.